The van der Waals surface area contributed by atoms with Crippen LogP contribution in [0.1, 0.15) is 6.42 Å². The Bertz CT molecular complexity index is 260. The number of hydrogen-bond acceptors (Lipinski definition) is 4. The van der Waals surface area contributed by atoms with Crippen molar-refractivity contribution < 1.29 is 14.7 Å². The second kappa shape index (κ2) is 5.37. The van der Waals surface area contributed by atoms with Gasteiger partial charge in [0.15, 0.2) is 0 Å². The van der Waals surface area contributed by atoms with Crippen LogP contribution in [0.5, 0.6) is 0 Å². The van der Waals surface area contributed by atoms with Gasteiger partial charge >= 0.3 is 5.97 Å². The average molecular weight is 232 g/mol. The number of carbonyl (C=O) groups excluding carboxylic acids is 1. The fourth-order valence-corrected chi connectivity index (χ4v) is 1.86. The molecule has 1 aliphatic heterocycles. The summed E-state index contributed by atoms with van der Waals surface area (Å²) in [6.45, 7) is 1.61. The number of aliphatic carboxylic acids is 1. The van der Waals surface area contributed by atoms with Gasteiger partial charge in [-0.15, -0.1) is 0 Å². The van der Waals surface area contributed by atoms with Crippen molar-refractivity contribution in [3.63, 3.8) is 0 Å². The minimum atomic E-state index is -0.936. The van der Waals surface area contributed by atoms with E-state index in [9.17, 15) is 9.59 Å². The first-order valence-corrected chi connectivity index (χ1v) is 5.51. The lowest BCUT2D eigenvalue weighted by atomic mass is 10.1. The van der Waals surface area contributed by atoms with E-state index in [0.717, 1.165) is 6.54 Å². The molecular weight excluding hydrogens is 216 g/mol. The van der Waals surface area contributed by atoms with Crippen LogP contribution in [0.4, 0.5) is 0 Å². The molecule has 0 aromatic heterocycles. The van der Waals surface area contributed by atoms with E-state index < -0.39 is 12.0 Å². The van der Waals surface area contributed by atoms with Gasteiger partial charge in [0.05, 0.1) is 0 Å². The second-order valence-electron chi connectivity index (χ2n) is 3.68. The third kappa shape index (κ3) is 3.10. The third-order valence-electron chi connectivity index (χ3n) is 2.51. The standard InChI is InChI=1S/C9H16N2O3S/c1-10-3-4-11(8(12)2-5-15)7(6-10)9(13)14/h7,15H,2-6H2,1H3,(H,13,14). The van der Waals surface area contributed by atoms with Gasteiger partial charge in [-0.05, 0) is 12.8 Å². The van der Waals surface area contributed by atoms with E-state index in [0.29, 0.717) is 25.3 Å². The molecule has 1 saturated heterocycles. The Balaban J connectivity index is 2.68. The summed E-state index contributed by atoms with van der Waals surface area (Å²) in [5.41, 5.74) is 0. The van der Waals surface area contributed by atoms with Crippen molar-refractivity contribution in [2.75, 3.05) is 32.4 Å². The Morgan fingerprint density at radius 3 is 2.67 bits per heavy atom. The molecule has 15 heavy (non-hydrogen) atoms. The molecule has 0 bridgehead atoms. The minimum Gasteiger partial charge on any atom is -0.480 e. The molecule has 86 valence electrons. The number of amides is 1. The van der Waals surface area contributed by atoms with Crippen LogP contribution in [0.25, 0.3) is 0 Å². The van der Waals surface area contributed by atoms with E-state index in [1.807, 2.05) is 11.9 Å². The summed E-state index contributed by atoms with van der Waals surface area (Å²) in [6.07, 6.45) is 0.302. The summed E-state index contributed by atoms with van der Waals surface area (Å²) in [7, 11) is 1.86. The molecule has 6 heteroatoms. The Labute approximate surface area is 94.4 Å². The van der Waals surface area contributed by atoms with Gasteiger partial charge in [0.1, 0.15) is 6.04 Å². The van der Waals surface area contributed by atoms with Crippen molar-refractivity contribution in [2.24, 2.45) is 0 Å². The summed E-state index contributed by atoms with van der Waals surface area (Å²) < 4.78 is 0. The monoisotopic (exact) mass is 232 g/mol. The molecular formula is C9H16N2O3S. The maximum Gasteiger partial charge on any atom is 0.327 e. The van der Waals surface area contributed by atoms with Gasteiger partial charge < -0.3 is 14.9 Å². The number of piperazine rings is 1. The first kappa shape index (κ1) is 12.3. The lowest BCUT2D eigenvalue weighted by Crippen LogP contribution is -2.57. The highest BCUT2D eigenvalue weighted by atomic mass is 32.1. The second-order valence-corrected chi connectivity index (χ2v) is 4.12. The molecule has 0 aromatic rings. The van der Waals surface area contributed by atoms with Crippen LogP contribution < -0.4 is 0 Å². The maximum atomic E-state index is 11.6. The van der Waals surface area contributed by atoms with Crippen LogP contribution in [0.3, 0.4) is 0 Å². The van der Waals surface area contributed by atoms with Crippen LogP contribution in [-0.4, -0.2) is 65.3 Å². The zero-order chi connectivity index (χ0) is 11.4. The SMILES string of the molecule is CN1CCN(C(=O)CCS)C(C(=O)O)C1. The number of carboxylic acid groups (broad SMARTS) is 1. The predicted octanol–water partition coefficient (Wildman–Crippen LogP) is -0.466. The van der Waals surface area contributed by atoms with Gasteiger partial charge in [-0.3, -0.25) is 4.79 Å². The molecule has 0 aromatic carbocycles. The van der Waals surface area contributed by atoms with Crippen LogP contribution >= 0.6 is 12.6 Å². The molecule has 0 spiro atoms. The van der Waals surface area contributed by atoms with Crippen molar-refractivity contribution in [1.29, 1.82) is 0 Å². The van der Waals surface area contributed by atoms with Crippen LogP contribution in [0, 0.1) is 0 Å². The van der Waals surface area contributed by atoms with Crippen molar-refractivity contribution in [2.45, 2.75) is 12.5 Å². The number of carboxylic acids is 1. The fraction of sp³-hybridized carbons (Fsp3) is 0.778. The van der Waals surface area contributed by atoms with E-state index in [2.05, 4.69) is 12.6 Å². The number of rotatable bonds is 3. The summed E-state index contributed by atoms with van der Waals surface area (Å²) in [5.74, 6) is -0.600. The Morgan fingerprint density at radius 2 is 2.13 bits per heavy atom. The molecule has 1 heterocycles. The Hall–Kier alpha value is -0.750. The van der Waals surface area contributed by atoms with Gasteiger partial charge in [0, 0.05) is 26.1 Å². The lowest BCUT2D eigenvalue weighted by Gasteiger charge is -2.37. The summed E-state index contributed by atoms with van der Waals surface area (Å²) >= 11 is 3.97. The topological polar surface area (TPSA) is 60.9 Å². The van der Waals surface area contributed by atoms with Gasteiger partial charge in [0.25, 0.3) is 0 Å². The number of hydrogen-bond donors (Lipinski definition) is 2. The average Bonchev–Trinajstić information content (AvgIpc) is 2.17. The Morgan fingerprint density at radius 1 is 1.47 bits per heavy atom. The van der Waals surface area contributed by atoms with Crippen molar-refractivity contribution >= 4 is 24.5 Å². The quantitative estimate of drug-likeness (QED) is 0.646. The highest BCUT2D eigenvalue weighted by Crippen LogP contribution is 2.10. The molecule has 0 radical (unpaired) electrons. The third-order valence-corrected chi connectivity index (χ3v) is 2.74. The highest BCUT2D eigenvalue weighted by molar-refractivity contribution is 7.80. The van der Waals surface area contributed by atoms with Crippen molar-refractivity contribution in [3.05, 3.63) is 0 Å². The van der Waals surface area contributed by atoms with Crippen LogP contribution in [-0.2, 0) is 9.59 Å². The molecule has 0 aliphatic carbocycles. The van der Waals surface area contributed by atoms with E-state index >= 15 is 0 Å². The number of nitrogens with zero attached hydrogens (tertiary/aromatic N) is 2. The molecule has 5 nitrogen and oxygen atoms in total. The number of thiol groups is 1. The van der Waals surface area contributed by atoms with E-state index in [1.54, 1.807) is 0 Å². The molecule has 1 aliphatic rings. The molecule has 1 amide bonds. The minimum absolute atomic E-state index is 0.120. The Kier molecular flexibility index (Phi) is 4.41. The number of carbonyl (C=O) groups is 2. The first-order valence-electron chi connectivity index (χ1n) is 4.88. The zero-order valence-electron chi connectivity index (χ0n) is 8.72. The molecule has 1 atom stereocenters. The number of likely N-dealkylation sites (N-methyl/N-ethyl adjacent to an activating group) is 1. The first-order chi connectivity index (χ1) is 7.06. The largest absolute Gasteiger partial charge is 0.480 e. The lowest BCUT2D eigenvalue weighted by molar-refractivity contribution is -0.153. The maximum absolute atomic E-state index is 11.6. The summed E-state index contributed by atoms with van der Waals surface area (Å²) in [6, 6.07) is -0.712. The van der Waals surface area contributed by atoms with Crippen LogP contribution in [0.15, 0.2) is 0 Å². The zero-order valence-corrected chi connectivity index (χ0v) is 9.61. The highest BCUT2D eigenvalue weighted by Gasteiger charge is 2.33. The van der Waals surface area contributed by atoms with Gasteiger partial charge in [-0.25, -0.2) is 4.79 Å². The summed E-state index contributed by atoms with van der Waals surface area (Å²) in [5, 5.41) is 9.00. The van der Waals surface area contributed by atoms with Gasteiger partial charge in [-0.2, -0.15) is 12.6 Å². The van der Waals surface area contributed by atoms with Gasteiger partial charge in [-0.1, -0.05) is 0 Å². The molecule has 1 N–H and O–H groups in total. The van der Waals surface area contributed by atoms with E-state index in [1.165, 1.54) is 4.90 Å². The predicted molar refractivity (Wildman–Crippen MR) is 59.1 cm³/mol. The molecule has 1 unspecified atom stereocenters. The molecule has 1 fully saturated rings. The van der Waals surface area contributed by atoms with E-state index in [-0.39, 0.29) is 5.91 Å². The fourth-order valence-electron chi connectivity index (χ4n) is 1.67. The van der Waals surface area contributed by atoms with E-state index in [4.69, 9.17) is 5.11 Å². The van der Waals surface area contributed by atoms with Gasteiger partial charge in [0.2, 0.25) is 5.91 Å². The van der Waals surface area contributed by atoms with Crippen molar-refractivity contribution in [1.82, 2.24) is 9.80 Å². The normalized spacial score (nSPS) is 22.8. The molecule has 0 saturated carbocycles. The van der Waals surface area contributed by atoms with Crippen LogP contribution in [0.2, 0.25) is 0 Å². The molecule has 1 rings (SSSR count). The summed E-state index contributed by atoms with van der Waals surface area (Å²) in [4.78, 5) is 26.0. The smallest absolute Gasteiger partial charge is 0.327 e. The van der Waals surface area contributed by atoms with Crippen molar-refractivity contribution in [3.8, 4) is 0 Å².